The van der Waals surface area contributed by atoms with Crippen molar-refractivity contribution in [2.45, 2.75) is 38.2 Å². The molecule has 1 aliphatic heterocycles. The van der Waals surface area contributed by atoms with E-state index in [2.05, 4.69) is 15.4 Å². The Morgan fingerprint density at radius 1 is 1.27 bits per heavy atom. The first kappa shape index (κ1) is 21.7. The SMILES string of the molecule is O=C(NCCn1ccnc1)c1oc2c(c1C(F)(F)F)-c1nn(C[C@H]3COCCO3)cc1CC2. The van der Waals surface area contributed by atoms with Crippen molar-refractivity contribution in [2.24, 2.45) is 0 Å². The zero-order chi connectivity index (χ0) is 23.0. The Morgan fingerprint density at radius 3 is 2.88 bits per heavy atom. The molecule has 1 N–H and O–H groups in total. The molecule has 1 amide bonds. The number of carbonyl (C=O) groups excluding carboxylic acids is 1. The molecule has 0 spiro atoms. The van der Waals surface area contributed by atoms with Crippen LogP contribution in [-0.4, -0.2) is 57.7 Å². The Labute approximate surface area is 186 Å². The highest BCUT2D eigenvalue weighted by Crippen LogP contribution is 2.46. The number of amides is 1. The van der Waals surface area contributed by atoms with E-state index in [4.69, 9.17) is 13.9 Å². The molecule has 2 aliphatic rings. The molecular formula is C21H22F3N5O4. The first-order valence-corrected chi connectivity index (χ1v) is 10.6. The van der Waals surface area contributed by atoms with Crippen LogP contribution in [-0.2, 0) is 41.6 Å². The summed E-state index contributed by atoms with van der Waals surface area (Å²) in [7, 11) is 0. The summed E-state index contributed by atoms with van der Waals surface area (Å²) >= 11 is 0. The van der Waals surface area contributed by atoms with Gasteiger partial charge in [0.1, 0.15) is 17.4 Å². The van der Waals surface area contributed by atoms with Crippen LogP contribution < -0.4 is 5.32 Å². The summed E-state index contributed by atoms with van der Waals surface area (Å²) in [4.78, 5) is 16.5. The van der Waals surface area contributed by atoms with Crippen molar-refractivity contribution in [3.8, 4) is 11.3 Å². The minimum absolute atomic E-state index is 0.122. The lowest BCUT2D eigenvalue weighted by atomic mass is 9.93. The lowest BCUT2D eigenvalue weighted by molar-refractivity contribution is -0.137. The zero-order valence-electron chi connectivity index (χ0n) is 17.6. The third-order valence-electron chi connectivity index (χ3n) is 5.66. The fraction of sp³-hybridized carbons (Fsp3) is 0.476. The maximum absolute atomic E-state index is 14.1. The van der Waals surface area contributed by atoms with E-state index in [-0.39, 0.29) is 36.1 Å². The standard InChI is InChI=1S/C21H22F3N5O4/c22-21(23,24)17-16-15(33-19(17)20(30)26-4-6-28-5-3-25-12-28)2-1-13-9-29(27-18(13)16)10-14-11-31-7-8-32-14/h3,5,9,12,14H,1-2,4,6-8,10-11H2,(H,26,30)/t14-/m0/s1. The number of nitrogens with zero attached hydrogens (tertiary/aromatic N) is 4. The van der Waals surface area contributed by atoms with Gasteiger partial charge in [-0.25, -0.2) is 4.98 Å². The molecule has 1 fully saturated rings. The van der Waals surface area contributed by atoms with E-state index >= 15 is 0 Å². The van der Waals surface area contributed by atoms with E-state index in [0.717, 1.165) is 0 Å². The van der Waals surface area contributed by atoms with Crippen LogP contribution in [0.5, 0.6) is 0 Å². The van der Waals surface area contributed by atoms with Crippen LogP contribution in [0.1, 0.15) is 27.4 Å². The second-order valence-electron chi connectivity index (χ2n) is 7.95. The Balaban J connectivity index is 1.42. The van der Waals surface area contributed by atoms with E-state index in [1.807, 2.05) is 0 Å². The normalized spacial score (nSPS) is 18.1. The van der Waals surface area contributed by atoms with Crippen LogP contribution in [0.15, 0.2) is 29.3 Å². The average Bonchev–Trinajstić information content (AvgIpc) is 3.51. The Bertz CT molecular complexity index is 1130. The average molecular weight is 465 g/mol. The van der Waals surface area contributed by atoms with Gasteiger partial charge in [0.2, 0.25) is 5.76 Å². The second-order valence-corrected chi connectivity index (χ2v) is 7.95. The summed E-state index contributed by atoms with van der Waals surface area (Å²) in [6.45, 7) is 2.25. The van der Waals surface area contributed by atoms with Crippen molar-refractivity contribution >= 4 is 5.91 Å². The van der Waals surface area contributed by atoms with Gasteiger partial charge < -0.3 is 23.8 Å². The van der Waals surface area contributed by atoms with Crippen molar-refractivity contribution in [1.29, 1.82) is 0 Å². The van der Waals surface area contributed by atoms with Crippen molar-refractivity contribution in [3.63, 3.8) is 0 Å². The molecule has 9 nitrogen and oxygen atoms in total. The molecule has 4 heterocycles. The molecule has 12 heteroatoms. The summed E-state index contributed by atoms with van der Waals surface area (Å²) in [5.41, 5.74) is -0.358. The molecule has 0 bridgehead atoms. The summed E-state index contributed by atoms with van der Waals surface area (Å²) < 4.78 is 62.1. The van der Waals surface area contributed by atoms with E-state index in [9.17, 15) is 18.0 Å². The highest BCUT2D eigenvalue weighted by atomic mass is 19.4. The van der Waals surface area contributed by atoms with Gasteiger partial charge in [0.05, 0.1) is 44.0 Å². The Kier molecular flexibility index (Phi) is 5.71. The van der Waals surface area contributed by atoms with Crippen molar-refractivity contribution in [3.05, 3.63) is 47.6 Å². The highest BCUT2D eigenvalue weighted by molar-refractivity contribution is 5.96. The molecular weight excluding hydrogens is 443 g/mol. The minimum atomic E-state index is -4.78. The maximum atomic E-state index is 14.1. The number of alkyl halides is 3. The molecule has 0 aromatic carbocycles. The topological polar surface area (TPSA) is 96.3 Å². The predicted octanol–water partition coefficient (Wildman–Crippen LogP) is 2.30. The largest absolute Gasteiger partial charge is 0.455 e. The Morgan fingerprint density at radius 2 is 2.15 bits per heavy atom. The third-order valence-corrected chi connectivity index (χ3v) is 5.66. The molecule has 3 aromatic rings. The number of imidazole rings is 1. The van der Waals surface area contributed by atoms with Gasteiger partial charge in [-0.3, -0.25) is 9.48 Å². The number of hydrogen-bond donors (Lipinski definition) is 1. The van der Waals surface area contributed by atoms with Gasteiger partial charge in [-0.2, -0.15) is 18.3 Å². The van der Waals surface area contributed by atoms with Crippen LogP contribution in [0.2, 0.25) is 0 Å². The quantitative estimate of drug-likeness (QED) is 0.600. The molecule has 3 aromatic heterocycles. The smallest absolute Gasteiger partial charge is 0.420 e. The summed E-state index contributed by atoms with van der Waals surface area (Å²) in [5.74, 6) is -1.52. The van der Waals surface area contributed by atoms with Crippen LogP contribution in [0.4, 0.5) is 13.2 Å². The molecule has 1 saturated heterocycles. The van der Waals surface area contributed by atoms with Gasteiger partial charge >= 0.3 is 6.18 Å². The zero-order valence-corrected chi connectivity index (χ0v) is 17.6. The number of furan rings is 1. The second kappa shape index (κ2) is 8.67. The van der Waals surface area contributed by atoms with Crippen LogP contribution in [0.25, 0.3) is 11.3 Å². The number of aryl methyl sites for hydroxylation is 2. The molecule has 33 heavy (non-hydrogen) atoms. The lowest BCUT2D eigenvalue weighted by Crippen LogP contribution is -2.32. The van der Waals surface area contributed by atoms with E-state index < -0.39 is 23.4 Å². The van der Waals surface area contributed by atoms with Gasteiger partial charge in [-0.05, 0) is 12.0 Å². The molecule has 0 radical (unpaired) electrons. The number of rotatable bonds is 6. The highest BCUT2D eigenvalue weighted by Gasteiger charge is 2.45. The monoisotopic (exact) mass is 465 g/mol. The minimum Gasteiger partial charge on any atom is -0.455 e. The van der Waals surface area contributed by atoms with Crippen LogP contribution in [0, 0.1) is 0 Å². The van der Waals surface area contributed by atoms with Crippen LogP contribution in [0.3, 0.4) is 0 Å². The van der Waals surface area contributed by atoms with Crippen molar-refractivity contribution in [2.75, 3.05) is 26.4 Å². The lowest BCUT2D eigenvalue weighted by Gasteiger charge is -2.22. The van der Waals surface area contributed by atoms with Gasteiger partial charge in [-0.15, -0.1) is 0 Å². The molecule has 1 aliphatic carbocycles. The van der Waals surface area contributed by atoms with Gasteiger partial charge in [-0.1, -0.05) is 0 Å². The van der Waals surface area contributed by atoms with Gasteiger partial charge in [0.25, 0.3) is 5.91 Å². The molecule has 1 atom stereocenters. The fourth-order valence-electron chi connectivity index (χ4n) is 4.18. The molecule has 5 rings (SSSR count). The summed E-state index contributed by atoms with van der Waals surface area (Å²) in [6, 6.07) is 0. The fourth-order valence-corrected chi connectivity index (χ4v) is 4.18. The van der Waals surface area contributed by atoms with Crippen molar-refractivity contribution in [1.82, 2.24) is 24.6 Å². The van der Waals surface area contributed by atoms with Crippen LogP contribution >= 0.6 is 0 Å². The maximum Gasteiger partial charge on any atom is 0.420 e. The van der Waals surface area contributed by atoms with Gasteiger partial charge in [0.15, 0.2) is 0 Å². The first-order valence-electron chi connectivity index (χ1n) is 10.6. The number of carbonyl (C=O) groups is 1. The number of hydrogen-bond acceptors (Lipinski definition) is 6. The molecule has 176 valence electrons. The Hall–Kier alpha value is -3.12. The first-order chi connectivity index (χ1) is 15.9. The number of halogens is 3. The molecule has 0 unspecified atom stereocenters. The third kappa shape index (κ3) is 4.40. The predicted molar refractivity (Wildman–Crippen MR) is 107 cm³/mol. The number of nitrogens with one attached hydrogen (secondary N) is 1. The number of aromatic nitrogens is 4. The van der Waals surface area contributed by atoms with E-state index in [1.54, 1.807) is 34.2 Å². The van der Waals surface area contributed by atoms with Crippen molar-refractivity contribution < 1.29 is 31.9 Å². The van der Waals surface area contributed by atoms with E-state index in [1.165, 1.54) is 0 Å². The number of fused-ring (bicyclic) bond motifs is 3. The number of ether oxygens (including phenoxy) is 2. The summed E-state index contributed by atoms with van der Waals surface area (Å²) in [5, 5.41) is 6.91. The van der Waals surface area contributed by atoms with Gasteiger partial charge in [0, 0.05) is 38.1 Å². The van der Waals surface area contributed by atoms with E-state index in [0.29, 0.717) is 44.9 Å². The summed E-state index contributed by atoms with van der Waals surface area (Å²) in [6.07, 6.45) is 2.28. The molecule has 0 saturated carbocycles.